The maximum absolute atomic E-state index is 12.6. The number of hydrogen-bond acceptors (Lipinski definition) is 5. The number of rotatable bonds is 5. The summed E-state index contributed by atoms with van der Waals surface area (Å²) in [5, 5.41) is 10.4. The number of carbonyl (C=O) groups is 1. The van der Waals surface area contributed by atoms with Crippen molar-refractivity contribution in [2.45, 2.75) is 33.7 Å². The summed E-state index contributed by atoms with van der Waals surface area (Å²) in [7, 11) is 1.88. The van der Waals surface area contributed by atoms with Gasteiger partial charge >= 0.3 is 0 Å². The first kappa shape index (κ1) is 18.6. The Hall–Kier alpha value is -3.22. The van der Waals surface area contributed by atoms with E-state index in [0.29, 0.717) is 17.2 Å². The number of benzene rings is 1. The van der Waals surface area contributed by atoms with Gasteiger partial charge in [0.1, 0.15) is 0 Å². The fourth-order valence-electron chi connectivity index (χ4n) is 2.81. The lowest BCUT2D eigenvalue weighted by atomic mass is 10.1. The molecule has 0 bridgehead atoms. The third kappa shape index (κ3) is 4.13. The summed E-state index contributed by atoms with van der Waals surface area (Å²) in [5.74, 6) is 0.259. The molecule has 1 amide bonds. The van der Waals surface area contributed by atoms with Crippen molar-refractivity contribution in [3.63, 3.8) is 0 Å². The van der Waals surface area contributed by atoms with Crippen molar-refractivity contribution in [2.24, 2.45) is 7.05 Å². The highest BCUT2D eigenvalue weighted by atomic mass is 16.1. The molecule has 0 fully saturated rings. The van der Waals surface area contributed by atoms with Crippen LogP contribution in [-0.4, -0.2) is 25.7 Å². The minimum atomic E-state index is -0.204. The Morgan fingerprint density at radius 1 is 1.11 bits per heavy atom. The van der Waals surface area contributed by atoms with Gasteiger partial charge in [0.05, 0.1) is 23.5 Å². The van der Waals surface area contributed by atoms with Gasteiger partial charge in [0.25, 0.3) is 5.91 Å². The van der Waals surface area contributed by atoms with E-state index < -0.39 is 0 Å². The summed E-state index contributed by atoms with van der Waals surface area (Å²) in [5.41, 5.74) is 5.17. The van der Waals surface area contributed by atoms with E-state index >= 15 is 0 Å². The standard InChI is InChI=1S/C20H24N6O/c1-12-6-8-16(9-7-12)25-20-21-10-18(14(3)24-20)19(27)23-13(2)17-11-22-26(5)15(17)4/h6-11,13H,1-5H3,(H,23,27)(H,21,24,25)/t13-/m0/s1. The second kappa shape index (κ2) is 7.57. The first-order valence-electron chi connectivity index (χ1n) is 8.82. The van der Waals surface area contributed by atoms with Gasteiger partial charge in [-0.25, -0.2) is 9.97 Å². The van der Waals surface area contributed by atoms with E-state index in [9.17, 15) is 4.79 Å². The summed E-state index contributed by atoms with van der Waals surface area (Å²) < 4.78 is 1.79. The normalized spacial score (nSPS) is 11.9. The summed E-state index contributed by atoms with van der Waals surface area (Å²) in [6, 6.07) is 7.80. The third-order valence-corrected chi connectivity index (χ3v) is 4.62. The van der Waals surface area contributed by atoms with E-state index in [4.69, 9.17) is 0 Å². The molecule has 0 aliphatic carbocycles. The highest BCUT2D eigenvalue weighted by Gasteiger charge is 2.18. The molecule has 3 aromatic rings. The zero-order valence-electron chi connectivity index (χ0n) is 16.2. The van der Waals surface area contributed by atoms with Crippen molar-refractivity contribution >= 4 is 17.5 Å². The second-order valence-electron chi connectivity index (χ2n) is 6.69. The third-order valence-electron chi connectivity index (χ3n) is 4.62. The van der Waals surface area contributed by atoms with E-state index in [1.54, 1.807) is 24.0 Å². The topological polar surface area (TPSA) is 84.7 Å². The molecule has 7 heteroatoms. The van der Waals surface area contributed by atoms with Gasteiger partial charge in [-0.3, -0.25) is 9.48 Å². The number of amides is 1. The van der Waals surface area contributed by atoms with Crippen molar-refractivity contribution in [3.05, 3.63) is 64.7 Å². The van der Waals surface area contributed by atoms with E-state index in [-0.39, 0.29) is 11.9 Å². The molecule has 2 aromatic heterocycles. The van der Waals surface area contributed by atoms with Crippen molar-refractivity contribution in [3.8, 4) is 0 Å². The van der Waals surface area contributed by atoms with Gasteiger partial charge < -0.3 is 10.6 Å². The predicted octanol–water partition coefficient (Wildman–Crippen LogP) is 3.37. The maximum Gasteiger partial charge on any atom is 0.255 e. The zero-order chi connectivity index (χ0) is 19.6. The Bertz CT molecular complexity index is 961. The Kier molecular flexibility index (Phi) is 5.21. The molecule has 0 saturated carbocycles. The van der Waals surface area contributed by atoms with Crippen LogP contribution in [0.25, 0.3) is 0 Å². The van der Waals surface area contributed by atoms with Crippen LogP contribution < -0.4 is 10.6 Å². The Labute approximate surface area is 158 Å². The first-order chi connectivity index (χ1) is 12.8. The van der Waals surface area contributed by atoms with Crippen LogP contribution in [0.5, 0.6) is 0 Å². The molecule has 0 unspecified atom stereocenters. The van der Waals surface area contributed by atoms with E-state index in [1.807, 2.05) is 52.1 Å². The highest BCUT2D eigenvalue weighted by molar-refractivity contribution is 5.95. The van der Waals surface area contributed by atoms with Crippen LogP contribution in [-0.2, 0) is 7.05 Å². The molecule has 27 heavy (non-hydrogen) atoms. The number of carbonyl (C=O) groups excluding carboxylic acids is 1. The fraction of sp³-hybridized carbons (Fsp3) is 0.300. The lowest BCUT2D eigenvalue weighted by molar-refractivity contribution is 0.0938. The lowest BCUT2D eigenvalue weighted by Gasteiger charge is -2.15. The quantitative estimate of drug-likeness (QED) is 0.725. The van der Waals surface area contributed by atoms with E-state index in [1.165, 1.54) is 5.56 Å². The van der Waals surface area contributed by atoms with Crippen molar-refractivity contribution in [2.75, 3.05) is 5.32 Å². The smallest absolute Gasteiger partial charge is 0.255 e. The Balaban J connectivity index is 1.72. The molecular formula is C20H24N6O. The van der Waals surface area contributed by atoms with Crippen molar-refractivity contribution < 1.29 is 4.79 Å². The molecule has 0 radical (unpaired) electrons. The number of aryl methyl sites for hydroxylation is 3. The van der Waals surface area contributed by atoms with Gasteiger partial charge in [0.15, 0.2) is 0 Å². The highest BCUT2D eigenvalue weighted by Crippen LogP contribution is 2.18. The molecule has 140 valence electrons. The van der Waals surface area contributed by atoms with Gasteiger partial charge in [0.2, 0.25) is 5.95 Å². The molecular weight excluding hydrogens is 340 g/mol. The number of nitrogens with one attached hydrogen (secondary N) is 2. The van der Waals surface area contributed by atoms with Crippen molar-refractivity contribution in [1.29, 1.82) is 0 Å². The van der Waals surface area contributed by atoms with Gasteiger partial charge in [-0.2, -0.15) is 5.10 Å². The van der Waals surface area contributed by atoms with Crippen LogP contribution in [0, 0.1) is 20.8 Å². The van der Waals surface area contributed by atoms with Crippen LogP contribution >= 0.6 is 0 Å². The number of anilines is 2. The van der Waals surface area contributed by atoms with Gasteiger partial charge in [-0.1, -0.05) is 17.7 Å². The van der Waals surface area contributed by atoms with Crippen LogP contribution in [0.3, 0.4) is 0 Å². The number of aromatic nitrogens is 4. The summed E-state index contributed by atoms with van der Waals surface area (Å²) in [6.45, 7) is 7.75. The van der Waals surface area contributed by atoms with Gasteiger partial charge in [-0.05, 0) is 39.8 Å². The summed E-state index contributed by atoms with van der Waals surface area (Å²) >= 11 is 0. The molecule has 2 N–H and O–H groups in total. The molecule has 1 atom stereocenters. The minimum Gasteiger partial charge on any atom is -0.345 e. The Morgan fingerprint density at radius 2 is 1.81 bits per heavy atom. The van der Waals surface area contributed by atoms with Gasteiger partial charge in [0, 0.05) is 30.2 Å². The van der Waals surface area contributed by atoms with Crippen LogP contribution in [0.2, 0.25) is 0 Å². The molecule has 0 aliphatic rings. The van der Waals surface area contributed by atoms with E-state index in [0.717, 1.165) is 16.9 Å². The van der Waals surface area contributed by atoms with Gasteiger partial charge in [-0.15, -0.1) is 0 Å². The first-order valence-corrected chi connectivity index (χ1v) is 8.82. The number of nitrogens with zero attached hydrogens (tertiary/aromatic N) is 4. The van der Waals surface area contributed by atoms with E-state index in [2.05, 4.69) is 25.7 Å². The second-order valence-corrected chi connectivity index (χ2v) is 6.69. The largest absolute Gasteiger partial charge is 0.345 e. The predicted molar refractivity (Wildman–Crippen MR) is 105 cm³/mol. The zero-order valence-corrected chi connectivity index (χ0v) is 16.2. The van der Waals surface area contributed by atoms with Crippen LogP contribution in [0.15, 0.2) is 36.7 Å². The summed E-state index contributed by atoms with van der Waals surface area (Å²) in [4.78, 5) is 21.3. The molecule has 0 aliphatic heterocycles. The molecule has 7 nitrogen and oxygen atoms in total. The molecule has 0 saturated heterocycles. The summed E-state index contributed by atoms with van der Waals surface area (Å²) in [6.07, 6.45) is 3.33. The molecule has 1 aromatic carbocycles. The minimum absolute atomic E-state index is 0.157. The monoisotopic (exact) mass is 364 g/mol. The molecule has 2 heterocycles. The Morgan fingerprint density at radius 3 is 2.41 bits per heavy atom. The molecule has 0 spiro atoms. The average Bonchev–Trinajstić information content (AvgIpc) is 2.96. The van der Waals surface area contributed by atoms with Crippen LogP contribution in [0.4, 0.5) is 11.6 Å². The fourth-order valence-corrected chi connectivity index (χ4v) is 2.81. The van der Waals surface area contributed by atoms with Crippen molar-refractivity contribution in [1.82, 2.24) is 25.1 Å². The van der Waals surface area contributed by atoms with Crippen LogP contribution in [0.1, 0.15) is 45.8 Å². The lowest BCUT2D eigenvalue weighted by Crippen LogP contribution is -2.28. The average molecular weight is 364 g/mol. The SMILES string of the molecule is Cc1ccc(Nc2ncc(C(=O)N[C@@H](C)c3cnn(C)c3C)c(C)n2)cc1. The number of hydrogen-bond donors (Lipinski definition) is 2. The molecule has 3 rings (SSSR count). The maximum atomic E-state index is 12.6.